The summed E-state index contributed by atoms with van der Waals surface area (Å²) >= 11 is 5.96. The van der Waals surface area contributed by atoms with Gasteiger partial charge in [0.05, 0.1) is 28.2 Å². The normalized spacial score (nSPS) is 11.4. The van der Waals surface area contributed by atoms with Gasteiger partial charge < -0.3 is 9.84 Å². The van der Waals surface area contributed by atoms with E-state index in [1.165, 1.54) is 24.3 Å². The fourth-order valence-electron chi connectivity index (χ4n) is 4.48. The van der Waals surface area contributed by atoms with Crippen molar-refractivity contribution in [2.45, 2.75) is 30.6 Å². The number of rotatable bonds is 12. The van der Waals surface area contributed by atoms with E-state index < -0.39 is 16.0 Å². The Morgan fingerprint density at radius 1 is 0.902 bits per heavy atom. The number of aliphatic carboxylic acids is 1. The van der Waals surface area contributed by atoms with Crippen molar-refractivity contribution >= 4 is 44.3 Å². The number of aromatic nitrogens is 2. The highest BCUT2D eigenvalue weighted by Crippen LogP contribution is 2.36. The second-order valence-corrected chi connectivity index (χ2v) is 11.5. The predicted octanol–water partition coefficient (Wildman–Crippen LogP) is 7.17. The maximum Gasteiger partial charge on any atom is 0.303 e. The molecule has 1 aromatic heterocycles. The Bertz CT molecular complexity index is 1760. The molecule has 0 unspecified atom stereocenters. The number of ether oxygens (including phenoxy) is 1. The van der Waals surface area contributed by atoms with Crippen LogP contribution in [0.3, 0.4) is 0 Å². The van der Waals surface area contributed by atoms with Gasteiger partial charge in [0.2, 0.25) is 0 Å². The van der Waals surface area contributed by atoms with Crippen molar-refractivity contribution in [3.05, 3.63) is 102 Å². The quantitative estimate of drug-likeness (QED) is 0.149. The molecule has 5 aromatic rings. The molecule has 41 heavy (non-hydrogen) atoms. The number of carbonyl (C=O) groups is 1. The number of benzene rings is 4. The van der Waals surface area contributed by atoms with Gasteiger partial charge in [-0.05, 0) is 61.7 Å². The van der Waals surface area contributed by atoms with Crippen LogP contribution in [0.1, 0.15) is 25.7 Å². The molecule has 5 rings (SSSR count). The second-order valence-electron chi connectivity index (χ2n) is 9.42. The molecule has 0 aliphatic carbocycles. The van der Waals surface area contributed by atoms with Gasteiger partial charge in [-0.2, -0.15) is 0 Å². The van der Waals surface area contributed by atoms with Crippen molar-refractivity contribution < 1.29 is 23.1 Å². The molecule has 8 nitrogen and oxygen atoms in total. The lowest BCUT2D eigenvalue weighted by Crippen LogP contribution is -2.14. The van der Waals surface area contributed by atoms with Crippen LogP contribution in [0.15, 0.2) is 102 Å². The zero-order valence-electron chi connectivity index (χ0n) is 22.0. The SMILES string of the molecule is O=C(O)CCCCCOc1cc2c(cc1NS(=O)(=O)c1ccc(Cl)cc1)nc(-c1ccccc1)n2-c1ccccc1. The first-order valence-corrected chi connectivity index (χ1v) is 15.0. The van der Waals surface area contributed by atoms with Crippen LogP contribution in [0.5, 0.6) is 5.75 Å². The number of sulfonamides is 1. The summed E-state index contributed by atoms with van der Waals surface area (Å²) in [6.45, 7) is 0.284. The Hall–Kier alpha value is -4.34. The Morgan fingerprint density at radius 3 is 2.27 bits per heavy atom. The van der Waals surface area contributed by atoms with E-state index in [1.807, 2.05) is 65.2 Å². The minimum Gasteiger partial charge on any atom is -0.491 e. The number of nitrogens with zero attached hydrogens (tertiary/aromatic N) is 2. The number of nitrogens with one attached hydrogen (secondary N) is 1. The van der Waals surface area contributed by atoms with E-state index in [4.69, 9.17) is 26.4 Å². The van der Waals surface area contributed by atoms with E-state index in [0.717, 1.165) is 16.8 Å². The molecule has 2 N–H and O–H groups in total. The number of carboxylic acid groups (broad SMARTS) is 1. The van der Waals surface area contributed by atoms with Crippen molar-refractivity contribution in [1.29, 1.82) is 0 Å². The molecule has 1 heterocycles. The van der Waals surface area contributed by atoms with Gasteiger partial charge in [0.25, 0.3) is 10.0 Å². The summed E-state index contributed by atoms with van der Waals surface area (Å²) in [6, 6.07) is 28.9. The van der Waals surface area contributed by atoms with Crippen molar-refractivity contribution in [1.82, 2.24) is 9.55 Å². The van der Waals surface area contributed by atoms with Gasteiger partial charge in [-0.1, -0.05) is 60.1 Å². The van der Waals surface area contributed by atoms with E-state index in [0.29, 0.717) is 41.4 Å². The Morgan fingerprint density at radius 2 is 1.59 bits per heavy atom. The van der Waals surface area contributed by atoms with Gasteiger partial charge in [-0.3, -0.25) is 14.1 Å². The molecule has 210 valence electrons. The first-order chi connectivity index (χ1) is 19.8. The lowest BCUT2D eigenvalue weighted by Gasteiger charge is -2.15. The van der Waals surface area contributed by atoms with Crippen molar-refractivity contribution in [2.75, 3.05) is 11.3 Å². The maximum atomic E-state index is 13.3. The molecule has 0 radical (unpaired) electrons. The number of imidazole rings is 1. The number of carboxylic acids is 1. The monoisotopic (exact) mass is 589 g/mol. The molecular weight excluding hydrogens is 562 g/mol. The van der Waals surface area contributed by atoms with Crippen LogP contribution in [0.25, 0.3) is 28.1 Å². The molecule has 0 atom stereocenters. The highest BCUT2D eigenvalue weighted by atomic mass is 35.5. The van der Waals surface area contributed by atoms with Crippen LogP contribution in [-0.4, -0.2) is 35.7 Å². The summed E-state index contributed by atoms with van der Waals surface area (Å²) in [7, 11) is -3.97. The standard InChI is InChI=1S/C31H28ClN3O5S/c32-23-15-17-25(18-16-23)41(38,39)34-27-20-26-28(21-29(27)40-19-9-3-8-14-30(36)37)35(24-12-6-2-7-13-24)31(33-26)22-10-4-1-5-11-22/h1-2,4-7,10-13,15-18,20-21,34H,3,8-9,14,19H2,(H,36,37). The van der Waals surface area contributed by atoms with Crippen LogP contribution < -0.4 is 9.46 Å². The van der Waals surface area contributed by atoms with E-state index >= 15 is 0 Å². The molecule has 0 spiro atoms. The number of halogens is 1. The zero-order chi connectivity index (χ0) is 28.8. The molecule has 0 saturated heterocycles. The molecule has 0 aliphatic heterocycles. The van der Waals surface area contributed by atoms with Crippen molar-refractivity contribution in [3.8, 4) is 22.8 Å². The number of unbranched alkanes of at least 4 members (excludes halogenated alkanes) is 2. The third kappa shape index (κ3) is 6.70. The van der Waals surface area contributed by atoms with Gasteiger partial charge in [-0.25, -0.2) is 13.4 Å². The predicted molar refractivity (Wildman–Crippen MR) is 160 cm³/mol. The molecular formula is C31H28ClN3O5S. The van der Waals surface area contributed by atoms with E-state index in [9.17, 15) is 13.2 Å². The Balaban J connectivity index is 1.58. The average molecular weight is 590 g/mol. The second kappa shape index (κ2) is 12.4. The van der Waals surface area contributed by atoms with E-state index in [-0.39, 0.29) is 23.6 Å². The average Bonchev–Trinajstić information content (AvgIpc) is 3.34. The van der Waals surface area contributed by atoms with Crippen molar-refractivity contribution in [3.63, 3.8) is 0 Å². The van der Waals surface area contributed by atoms with Gasteiger partial charge >= 0.3 is 5.97 Å². The third-order valence-corrected chi connectivity index (χ3v) is 8.10. The summed E-state index contributed by atoms with van der Waals surface area (Å²) in [4.78, 5) is 15.8. The summed E-state index contributed by atoms with van der Waals surface area (Å²) in [6.07, 6.45) is 1.91. The largest absolute Gasteiger partial charge is 0.491 e. The third-order valence-electron chi connectivity index (χ3n) is 6.46. The topological polar surface area (TPSA) is 111 Å². The van der Waals surface area contributed by atoms with Crippen LogP contribution in [0.4, 0.5) is 5.69 Å². The molecule has 0 fully saturated rings. The van der Waals surface area contributed by atoms with E-state index in [1.54, 1.807) is 12.1 Å². The zero-order valence-corrected chi connectivity index (χ0v) is 23.6. The fourth-order valence-corrected chi connectivity index (χ4v) is 5.66. The lowest BCUT2D eigenvalue weighted by atomic mass is 10.2. The number of hydrogen-bond donors (Lipinski definition) is 2. The number of hydrogen-bond acceptors (Lipinski definition) is 5. The fraction of sp³-hybridized carbons (Fsp3) is 0.161. The number of anilines is 1. The van der Waals surface area contributed by atoms with Crippen LogP contribution in [0, 0.1) is 0 Å². The van der Waals surface area contributed by atoms with Crippen LogP contribution in [-0.2, 0) is 14.8 Å². The Kier molecular flexibility index (Phi) is 8.56. The Labute approximate surface area is 243 Å². The minimum atomic E-state index is -3.97. The molecule has 0 aliphatic rings. The molecule has 4 aromatic carbocycles. The highest BCUT2D eigenvalue weighted by molar-refractivity contribution is 7.92. The van der Waals surface area contributed by atoms with Crippen LogP contribution in [0.2, 0.25) is 5.02 Å². The molecule has 0 saturated carbocycles. The van der Waals surface area contributed by atoms with Gasteiger partial charge in [0.1, 0.15) is 11.6 Å². The van der Waals surface area contributed by atoms with Gasteiger partial charge in [0, 0.05) is 28.8 Å². The molecule has 0 bridgehead atoms. The highest BCUT2D eigenvalue weighted by Gasteiger charge is 2.21. The molecule has 10 heteroatoms. The lowest BCUT2D eigenvalue weighted by molar-refractivity contribution is -0.137. The first kappa shape index (κ1) is 28.2. The van der Waals surface area contributed by atoms with Gasteiger partial charge in [0.15, 0.2) is 0 Å². The van der Waals surface area contributed by atoms with Crippen molar-refractivity contribution in [2.24, 2.45) is 0 Å². The van der Waals surface area contributed by atoms with Gasteiger partial charge in [-0.15, -0.1) is 0 Å². The first-order valence-electron chi connectivity index (χ1n) is 13.1. The summed E-state index contributed by atoms with van der Waals surface area (Å²) in [5.41, 5.74) is 3.36. The summed E-state index contributed by atoms with van der Waals surface area (Å²) < 4.78 is 37.4. The smallest absolute Gasteiger partial charge is 0.303 e. The molecule has 0 amide bonds. The van der Waals surface area contributed by atoms with Crippen LogP contribution >= 0.6 is 11.6 Å². The summed E-state index contributed by atoms with van der Waals surface area (Å²) in [5.74, 6) is 0.202. The van der Waals surface area contributed by atoms with E-state index in [2.05, 4.69) is 4.72 Å². The number of fused-ring (bicyclic) bond motifs is 1. The minimum absolute atomic E-state index is 0.0569. The maximum absolute atomic E-state index is 13.3. The number of para-hydroxylation sites is 1. The summed E-state index contributed by atoms with van der Waals surface area (Å²) in [5, 5.41) is 9.32.